The van der Waals surface area contributed by atoms with Crippen LogP contribution in [-0.2, 0) is 7.05 Å². The van der Waals surface area contributed by atoms with Crippen molar-refractivity contribution in [2.75, 3.05) is 0 Å². The van der Waals surface area contributed by atoms with Crippen molar-refractivity contribution in [2.24, 2.45) is 7.05 Å². The number of aromatic nitrogens is 4. The van der Waals surface area contributed by atoms with Gasteiger partial charge in [0, 0.05) is 24.8 Å². The molecular weight excluding hydrogens is 264 g/mol. The number of rotatable bonds is 3. The molecule has 0 N–H and O–H groups in total. The van der Waals surface area contributed by atoms with E-state index in [1.807, 2.05) is 37.0 Å². The van der Waals surface area contributed by atoms with Gasteiger partial charge in [-0.1, -0.05) is 0 Å². The van der Waals surface area contributed by atoms with Gasteiger partial charge in [0.25, 0.3) is 0 Å². The van der Waals surface area contributed by atoms with Gasteiger partial charge < -0.3 is 0 Å². The lowest BCUT2D eigenvalue weighted by molar-refractivity contribution is 0.112. The number of hydrogen-bond acceptors (Lipinski definition) is 3. The molecule has 0 bridgehead atoms. The molecule has 106 valence electrons. The summed E-state index contributed by atoms with van der Waals surface area (Å²) in [5, 5.41) is 5.44. The van der Waals surface area contributed by atoms with Crippen molar-refractivity contribution in [3.05, 3.63) is 41.3 Å². The van der Waals surface area contributed by atoms with E-state index in [2.05, 4.69) is 16.1 Å². The van der Waals surface area contributed by atoms with Crippen LogP contribution in [0.1, 0.15) is 40.4 Å². The third kappa shape index (κ3) is 1.81. The van der Waals surface area contributed by atoms with Crippen LogP contribution >= 0.6 is 0 Å². The molecule has 21 heavy (non-hydrogen) atoms. The summed E-state index contributed by atoms with van der Waals surface area (Å²) in [6, 6.07) is 4.26. The highest BCUT2D eigenvalue weighted by molar-refractivity contribution is 5.85. The largest absolute Gasteiger partial charge is 0.298 e. The maximum absolute atomic E-state index is 11.4. The van der Waals surface area contributed by atoms with E-state index in [9.17, 15) is 4.79 Å². The zero-order chi connectivity index (χ0) is 14.6. The molecule has 0 atom stereocenters. The van der Waals surface area contributed by atoms with E-state index in [-0.39, 0.29) is 0 Å². The Balaban J connectivity index is 1.93. The van der Waals surface area contributed by atoms with Gasteiger partial charge in [0.05, 0.1) is 11.3 Å². The third-order valence-corrected chi connectivity index (χ3v) is 4.18. The van der Waals surface area contributed by atoms with Gasteiger partial charge in [-0.3, -0.25) is 14.0 Å². The van der Waals surface area contributed by atoms with Gasteiger partial charge in [-0.15, -0.1) is 0 Å². The molecule has 1 aliphatic carbocycles. The van der Waals surface area contributed by atoms with Gasteiger partial charge in [-0.05, 0) is 43.4 Å². The highest BCUT2D eigenvalue weighted by atomic mass is 16.1. The zero-order valence-corrected chi connectivity index (χ0v) is 12.1. The first-order chi connectivity index (χ1) is 10.2. The molecule has 1 saturated carbocycles. The van der Waals surface area contributed by atoms with Crippen LogP contribution in [0.4, 0.5) is 0 Å². The fraction of sp³-hybridized carbons (Fsp3) is 0.312. The fourth-order valence-corrected chi connectivity index (χ4v) is 2.94. The molecule has 0 amide bonds. The summed E-state index contributed by atoms with van der Waals surface area (Å²) in [5.74, 6) is 1.46. The van der Waals surface area contributed by atoms with Crippen molar-refractivity contribution in [3.63, 3.8) is 0 Å². The predicted octanol–water partition coefficient (Wildman–Crippen LogP) is 2.76. The lowest BCUT2D eigenvalue weighted by Crippen LogP contribution is -2.04. The van der Waals surface area contributed by atoms with Gasteiger partial charge in [0.15, 0.2) is 6.29 Å². The molecule has 1 fully saturated rings. The van der Waals surface area contributed by atoms with E-state index in [4.69, 9.17) is 0 Å². The molecule has 0 aromatic carbocycles. The summed E-state index contributed by atoms with van der Waals surface area (Å²) < 4.78 is 3.67. The van der Waals surface area contributed by atoms with Crippen LogP contribution in [0.25, 0.3) is 16.9 Å². The number of carbonyl (C=O) groups excluding carboxylic acids is 1. The van der Waals surface area contributed by atoms with Crippen LogP contribution < -0.4 is 0 Å². The maximum atomic E-state index is 11.4. The third-order valence-electron chi connectivity index (χ3n) is 4.18. The highest BCUT2D eigenvalue weighted by Crippen LogP contribution is 2.40. The van der Waals surface area contributed by atoms with Crippen molar-refractivity contribution in [2.45, 2.75) is 25.7 Å². The minimum atomic E-state index is 0.614. The summed E-state index contributed by atoms with van der Waals surface area (Å²) in [6.07, 6.45) is 7.31. The first-order valence-electron chi connectivity index (χ1n) is 7.15. The smallest absolute Gasteiger partial charge is 0.155 e. The molecule has 3 aromatic rings. The second kappa shape index (κ2) is 4.28. The second-order valence-electron chi connectivity index (χ2n) is 5.71. The zero-order valence-electron chi connectivity index (χ0n) is 12.1. The molecule has 5 nitrogen and oxygen atoms in total. The Bertz CT molecular complexity index is 855. The fourth-order valence-electron chi connectivity index (χ4n) is 2.94. The first kappa shape index (κ1) is 12.3. The van der Waals surface area contributed by atoms with Crippen LogP contribution in [0, 0.1) is 6.92 Å². The standard InChI is InChI=1S/C16H16N4O/c1-10-14(9-21)16(19(2)18-10)20-6-5-12-7-13(11-3-4-11)8-17-15(12)20/h5-9,11H,3-4H2,1-2H3. The summed E-state index contributed by atoms with van der Waals surface area (Å²) in [6.45, 7) is 1.84. The molecule has 1 aliphatic rings. The van der Waals surface area contributed by atoms with E-state index >= 15 is 0 Å². The van der Waals surface area contributed by atoms with E-state index in [0.29, 0.717) is 11.5 Å². The van der Waals surface area contributed by atoms with Gasteiger partial charge in [0.2, 0.25) is 0 Å². The Hall–Kier alpha value is -2.43. The van der Waals surface area contributed by atoms with Gasteiger partial charge >= 0.3 is 0 Å². The van der Waals surface area contributed by atoms with Crippen molar-refractivity contribution in [3.8, 4) is 5.82 Å². The monoisotopic (exact) mass is 280 g/mol. The summed E-state index contributed by atoms with van der Waals surface area (Å²) in [5.41, 5.74) is 3.53. The Morgan fingerprint density at radius 2 is 2.19 bits per heavy atom. The van der Waals surface area contributed by atoms with Crippen LogP contribution in [0.3, 0.4) is 0 Å². The molecule has 0 radical (unpaired) electrons. The second-order valence-corrected chi connectivity index (χ2v) is 5.71. The molecule has 0 unspecified atom stereocenters. The molecule has 3 aromatic heterocycles. The Morgan fingerprint density at radius 1 is 1.38 bits per heavy atom. The van der Waals surface area contributed by atoms with E-state index < -0.39 is 0 Å². The van der Waals surface area contributed by atoms with E-state index in [1.165, 1.54) is 18.4 Å². The number of nitrogens with zero attached hydrogens (tertiary/aromatic N) is 4. The first-order valence-corrected chi connectivity index (χ1v) is 7.15. The van der Waals surface area contributed by atoms with Crippen LogP contribution in [0.5, 0.6) is 0 Å². The molecule has 3 heterocycles. The quantitative estimate of drug-likeness (QED) is 0.693. The maximum Gasteiger partial charge on any atom is 0.155 e. The van der Waals surface area contributed by atoms with Crippen molar-refractivity contribution < 1.29 is 4.79 Å². The minimum absolute atomic E-state index is 0.614. The minimum Gasteiger partial charge on any atom is -0.298 e. The van der Waals surface area contributed by atoms with Crippen molar-refractivity contribution >= 4 is 17.3 Å². The molecule has 4 rings (SSSR count). The number of hydrogen-bond donors (Lipinski definition) is 0. The Kier molecular flexibility index (Phi) is 2.51. The number of carbonyl (C=O) groups is 1. The van der Waals surface area contributed by atoms with Crippen LogP contribution in [-0.4, -0.2) is 25.6 Å². The van der Waals surface area contributed by atoms with Crippen LogP contribution in [0.2, 0.25) is 0 Å². The number of pyridine rings is 1. The molecule has 5 heteroatoms. The summed E-state index contributed by atoms with van der Waals surface area (Å²) >= 11 is 0. The number of fused-ring (bicyclic) bond motifs is 1. The van der Waals surface area contributed by atoms with Gasteiger partial charge in [0.1, 0.15) is 11.5 Å². The average molecular weight is 280 g/mol. The van der Waals surface area contributed by atoms with Gasteiger partial charge in [-0.2, -0.15) is 5.10 Å². The lowest BCUT2D eigenvalue weighted by Gasteiger charge is -2.06. The Morgan fingerprint density at radius 3 is 2.90 bits per heavy atom. The Labute approximate surface area is 122 Å². The SMILES string of the molecule is Cc1nn(C)c(-n2ccc3cc(C4CC4)cnc32)c1C=O. The average Bonchev–Trinajstić information content (AvgIpc) is 3.18. The summed E-state index contributed by atoms with van der Waals surface area (Å²) in [4.78, 5) is 16.0. The van der Waals surface area contributed by atoms with Gasteiger partial charge in [-0.25, -0.2) is 4.98 Å². The van der Waals surface area contributed by atoms with Crippen LogP contribution in [0.15, 0.2) is 24.5 Å². The summed E-state index contributed by atoms with van der Waals surface area (Å²) in [7, 11) is 1.85. The highest BCUT2D eigenvalue weighted by Gasteiger charge is 2.24. The number of aldehydes is 1. The molecule has 0 spiro atoms. The molecule has 0 saturated heterocycles. The van der Waals surface area contributed by atoms with E-state index in [1.54, 1.807) is 4.68 Å². The van der Waals surface area contributed by atoms with Crippen molar-refractivity contribution in [1.29, 1.82) is 0 Å². The van der Waals surface area contributed by atoms with E-state index in [0.717, 1.165) is 28.8 Å². The molecular formula is C16H16N4O. The topological polar surface area (TPSA) is 52.7 Å². The normalized spacial score (nSPS) is 14.8. The van der Waals surface area contributed by atoms with Crippen molar-refractivity contribution in [1.82, 2.24) is 19.3 Å². The lowest BCUT2D eigenvalue weighted by atomic mass is 10.1. The molecule has 0 aliphatic heterocycles. The predicted molar refractivity (Wildman–Crippen MR) is 79.9 cm³/mol. The number of aryl methyl sites for hydroxylation is 2.